The molecule has 3 heteroatoms. The van der Waals surface area contributed by atoms with E-state index in [1.165, 1.54) is 22.8 Å². The van der Waals surface area contributed by atoms with Gasteiger partial charge in [0.1, 0.15) is 0 Å². The van der Waals surface area contributed by atoms with Crippen LogP contribution in [0.1, 0.15) is 54.9 Å². The molecule has 18 heavy (non-hydrogen) atoms. The van der Waals surface area contributed by atoms with Crippen molar-refractivity contribution in [2.75, 3.05) is 11.0 Å². The van der Waals surface area contributed by atoms with Gasteiger partial charge in [-0.1, -0.05) is 55.0 Å². The van der Waals surface area contributed by atoms with Gasteiger partial charge in [0, 0.05) is 12.1 Å². The van der Waals surface area contributed by atoms with Gasteiger partial charge in [-0.25, -0.2) is 0 Å². The molecule has 0 aliphatic rings. The van der Waals surface area contributed by atoms with Gasteiger partial charge in [-0.05, 0) is 40.9 Å². The second-order valence-corrected chi connectivity index (χ2v) is 5.86. The van der Waals surface area contributed by atoms with Crippen molar-refractivity contribution in [1.29, 1.82) is 0 Å². The quantitative estimate of drug-likeness (QED) is 0.442. The topological polar surface area (TPSA) is 29.1 Å². The van der Waals surface area contributed by atoms with Crippen molar-refractivity contribution >= 4 is 28.5 Å². The number of benzene rings is 1. The summed E-state index contributed by atoms with van der Waals surface area (Å²) in [6.45, 7) is 5.09. The maximum atomic E-state index is 11.8. The van der Waals surface area contributed by atoms with Crippen LogP contribution < -0.4 is 5.32 Å². The molecule has 0 unspecified atom stereocenters. The van der Waals surface area contributed by atoms with Crippen molar-refractivity contribution in [3.8, 4) is 0 Å². The first-order valence-electron chi connectivity index (χ1n) is 6.59. The summed E-state index contributed by atoms with van der Waals surface area (Å²) in [7, 11) is 0. The zero-order valence-electron chi connectivity index (χ0n) is 11.2. The van der Waals surface area contributed by atoms with Crippen molar-refractivity contribution in [3.05, 3.63) is 35.4 Å². The number of carbonyl (C=O) groups is 1. The molecule has 100 valence electrons. The second-order valence-electron chi connectivity index (χ2n) is 4.78. The first kappa shape index (κ1) is 15.5. The van der Waals surface area contributed by atoms with Crippen molar-refractivity contribution in [3.63, 3.8) is 0 Å². The van der Waals surface area contributed by atoms with Gasteiger partial charge in [0.2, 0.25) is 0 Å². The van der Waals surface area contributed by atoms with Gasteiger partial charge in [-0.2, -0.15) is 0 Å². The molecule has 0 bridgehead atoms. The molecule has 1 rings (SSSR count). The van der Waals surface area contributed by atoms with Crippen LogP contribution in [-0.4, -0.2) is 16.9 Å². The molecule has 1 N–H and O–H groups in total. The Labute approximate surface area is 124 Å². The molecule has 0 saturated carbocycles. The molecule has 2 nitrogen and oxygen atoms in total. The molecular weight excluding hydrogens is 337 g/mol. The van der Waals surface area contributed by atoms with E-state index in [1.807, 2.05) is 24.3 Å². The van der Waals surface area contributed by atoms with Crippen LogP contribution in [0.15, 0.2) is 24.3 Å². The minimum atomic E-state index is 0.0415. The fourth-order valence-corrected chi connectivity index (χ4v) is 2.26. The third kappa shape index (κ3) is 5.38. The average molecular weight is 359 g/mol. The van der Waals surface area contributed by atoms with E-state index in [0.29, 0.717) is 5.92 Å². The number of hydrogen-bond acceptors (Lipinski definition) is 1. The molecular formula is C15H22INO. The number of rotatable bonds is 7. The highest BCUT2D eigenvalue weighted by Crippen LogP contribution is 2.14. The predicted molar refractivity (Wildman–Crippen MR) is 85.6 cm³/mol. The fourth-order valence-electron chi connectivity index (χ4n) is 1.72. The van der Waals surface area contributed by atoms with E-state index in [9.17, 15) is 4.79 Å². The summed E-state index contributed by atoms with van der Waals surface area (Å²) < 4.78 is 1.20. The lowest BCUT2D eigenvalue weighted by molar-refractivity contribution is 0.0953. The first-order valence-corrected chi connectivity index (χ1v) is 8.12. The predicted octanol–water partition coefficient (Wildman–Crippen LogP) is 4.15. The second kappa shape index (κ2) is 8.51. The number of hydrogen-bond donors (Lipinski definition) is 1. The highest BCUT2D eigenvalue weighted by atomic mass is 127. The van der Waals surface area contributed by atoms with Gasteiger partial charge in [0.05, 0.1) is 0 Å². The summed E-state index contributed by atoms with van der Waals surface area (Å²) in [5, 5.41) is 2.97. The lowest BCUT2D eigenvalue weighted by Crippen LogP contribution is -2.24. The SMILES string of the molecule is CC(C)c1ccc(C(=O)NCCCCCI)cc1. The molecule has 0 spiro atoms. The smallest absolute Gasteiger partial charge is 0.251 e. The zero-order chi connectivity index (χ0) is 13.4. The minimum absolute atomic E-state index is 0.0415. The van der Waals surface area contributed by atoms with E-state index in [0.717, 1.165) is 18.5 Å². The van der Waals surface area contributed by atoms with Gasteiger partial charge in [0.15, 0.2) is 0 Å². The Morgan fingerprint density at radius 2 is 1.83 bits per heavy atom. The summed E-state index contributed by atoms with van der Waals surface area (Å²) >= 11 is 2.38. The molecule has 0 fully saturated rings. The van der Waals surface area contributed by atoms with Crippen molar-refractivity contribution in [1.82, 2.24) is 5.32 Å². The van der Waals surface area contributed by atoms with Crippen LogP contribution in [0.2, 0.25) is 0 Å². The summed E-state index contributed by atoms with van der Waals surface area (Å²) in [5.41, 5.74) is 2.03. The monoisotopic (exact) mass is 359 g/mol. The summed E-state index contributed by atoms with van der Waals surface area (Å²) in [4.78, 5) is 11.8. The van der Waals surface area contributed by atoms with Gasteiger partial charge in [0.25, 0.3) is 5.91 Å². The van der Waals surface area contributed by atoms with E-state index in [-0.39, 0.29) is 5.91 Å². The molecule has 1 aromatic carbocycles. The van der Waals surface area contributed by atoms with E-state index in [4.69, 9.17) is 0 Å². The van der Waals surface area contributed by atoms with E-state index < -0.39 is 0 Å². The molecule has 0 heterocycles. The molecule has 0 atom stereocenters. The van der Waals surface area contributed by atoms with Gasteiger partial charge < -0.3 is 5.32 Å². The molecule has 1 aromatic rings. The van der Waals surface area contributed by atoms with Crippen LogP contribution in [0.3, 0.4) is 0 Å². The third-order valence-corrected chi connectivity index (χ3v) is 3.70. The highest BCUT2D eigenvalue weighted by Gasteiger charge is 2.05. The number of unbranched alkanes of at least 4 members (excludes halogenated alkanes) is 2. The van der Waals surface area contributed by atoms with Gasteiger partial charge >= 0.3 is 0 Å². The fraction of sp³-hybridized carbons (Fsp3) is 0.533. The van der Waals surface area contributed by atoms with Crippen LogP contribution in [0, 0.1) is 0 Å². The van der Waals surface area contributed by atoms with Crippen molar-refractivity contribution in [2.24, 2.45) is 0 Å². The third-order valence-electron chi connectivity index (χ3n) is 2.94. The minimum Gasteiger partial charge on any atom is -0.352 e. The molecule has 0 aliphatic heterocycles. The lowest BCUT2D eigenvalue weighted by Gasteiger charge is -2.07. The normalized spacial score (nSPS) is 10.7. The number of amides is 1. The first-order chi connectivity index (χ1) is 8.65. The molecule has 0 radical (unpaired) electrons. The Kier molecular flexibility index (Phi) is 7.32. The number of nitrogens with one attached hydrogen (secondary N) is 1. The highest BCUT2D eigenvalue weighted by molar-refractivity contribution is 14.1. The molecule has 1 amide bonds. The Bertz CT molecular complexity index is 359. The van der Waals surface area contributed by atoms with Crippen LogP contribution in [0.5, 0.6) is 0 Å². The van der Waals surface area contributed by atoms with Crippen LogP contribution >= 0.6 is 22.6 Å². The maximum Gasteiger partial charge on any atom is 0.251 e. The standard InChI is InChI=1S/C15H22INO/c1-12(2)13-6-8-14(9-7-13)15(18)17-11-5-3-4-10-16/h6-9,12H,3-5,10-11H2,1-2H3,(H,17,18). The maximum absolute atomic E-state index is 11.8. The number of carbonyl (C=O) groups excluding carboxylic acids is 1. The molecule has 0 saturated heterocycles. The summed E-state index contributed by atoms with van der Waals surface area (Å²) in [5.74, 6) is 0.551. The Hall–Kier alpha value is -0.580. The molecule has 0 aromatic heterocycles. The lowest BCUT2D eigenvalue weighted by atomic mass is 10.0. The van der Waals surface area contributed by atoms with Gasteiger partial charge in [-0.3, -0.25) is 4.79 Å². The Morgan fingerprint density at radius 3 is 2.39 bits per heavy atom. The number of halogens is 1. The van der Waals surface area contributed by atoms with Gasteiger partial charge in [-0.15, -0.1) is 0 Å². The summed E-state index contributed by atoms with van der Waals surface area (Å²) in [6, 6.07) is 7.90. The summed E-state index contributed by atoms with van der Waals surface area (Å²) in [6.07, 6.45) is 3.49. The van der Waals surface area contributed by atoms with E-state index >= 15 is 0 Å². The van der Waals surface area contributed by atoms with E-state index in [1.54, 1.807) is 0 Å². The van der Waals surface area contributed by atoms with Crippen LogP contribution in [-0.2, 0) is 0 Å². The van der Waals surface area contributed by atoms with Crippen LogP contribution in [0.25, 0.3) is 0 Å². The zero-order valence-corrected chi connectivity index (χ0v) is 13.4. The van der Waals surface area contributed by atoms with Crippen LogP contribution in [0.4, 0.5) is 0 Å². The van der Waals surface area contributed by atoms with Crippen molar-refractivity contribution in [2.45, 2.75) is 39.0 Å². The Morgan fingerprint density at radius 1 is 1.17 bits per heavy atom. The largest absolute Gasteiger partial charge is 0.352 e. The number of alkyl halides is 1. The molecule has 0 aliphatic carbocycles. The van der Waals surface area contributed by atoms with E-state index in [2.05, 4.69) is 41.8 Å². The Balaban J connectivity index is 2.37. The van der Waals surface area contributed by atoms with Crippen molar-refractivity contribution < 1.29 is 4.79 Å². The average Bonchev–Trinajstić information content (AvgIpc) is 2.38.